The zero-order valence-electron chi connectivity index (χ0n) is 8.30. The van der Waals surface area contributed by atoms with E-state index >= 15 is 0 Å². The van der Waals surface area contributed by atoms with Crippen LogP contribution in [-0.2, 0) is 4.74 Å². The third-order valence-corrected chi connectivity index (χ3v) is 2.87. The first-order valence-corrected chi connectivity index (χ1v) is 5.18. The number of ether oxygens (including phenoxy) is 1. The molecule has 0 amide bonds. The molecule has 1 aromatic carbocycles. The average Bonchev–Trinajstić information content (AvgIpc) is 2.54. The van der Waals surface area contributed by atoms with Crippen LogP contribution in [0, 0.1) is 5.82 Å². The quantitative estimate of drug-likeness (QED) is 0.791. The van der Waals surface area contributed by atoms with Crippen molar-refractivity contribution in [3.8, 4) is 0 Å². The van der Waals surface area contributed by atoms with E-state index in [1.54, 1.807) is 0 Å². The first kappa shape index (κ1) is 10.9. The summed E-state index contributed by atoms with van der Waals surface area (Å²) in [6, 6.07) is 2.76. The molecule has 0 spiro atoms. The number of benzene rings is 1. The summed E-state index contributed by atoms with van der Waals surface area (Å²) in [5, 5.41) is 0.407. The van der Waals surface area contributed by atoms with Gasteiger partial charge in [0.1, 0.15) is 17.2 Å². The largest absolute Gasteiger partial charge is 0.465 e. The number of aromatic amines is 1. The van der Waals surface area contributed by atoms with Crippen molar-refractivity contribution in [3.05, 3.63) is 28.0 Å². The van der Waals surface area contributed by atoms with E-state index in [1.165, 1.54) is 19.2 Å². The molecule has 84 valence electrons. The monoisotopic (exact) mass is 286 g/mol. The maximum Gasteiger partial charge on any atom is 0.342 e. The van der Waals surface area contributed by atoms with Crippen LogP contribution in [-0.4, -0.2) is 18.1 Å². The molecule has 6 heteroatoms. The van der Waals surface area contributed by atoms with Gasteiger partial charge in [-0.1, -0.05) is 0 Å². The van der Waals surface area contributed by atoms with Gasteiger partial charge < -0.3 is 15.5 Å². The molecule has 1 heterocycles. The summed E-state index contributed by atoms with van der Waals surface area (Å²) in [4.78, 5) is 14.2. The fourth-order valence-corrected chi connectivity index (χ4v) is 1.88. The third-order valence-electron chi connectivity index (χ3n) is 2.26. The second-order valence-electron chi connectivity index (χ2n) is 3.22. The number of fused-ring (bicyclic) bond motifs is 1. The molecule has 0 radical (unpaired) electrons. The van der Waals surface area contributed by atoms with E-state index in [4.69, 9.17) is 5.73 Å². The topological polar surface area (TPSA) is 68.1 Å². The van der Waals surface area contributed by atoms with Crippen molar-refractivity contribution in [1.29, 1.82) is 0 Å². The Bertz CT molecular complexity index is 580. The smallest absolute Gasteiger partial charge is 0.342 e. The zero-order chi connectivity index (χ0) is 11.9. The van der Waals surface area contributed by atoms with Crippen LogP contribution in [0.5, 0.6) is 0 Å². The molecule has 3 N–H and O–H groups in total. The summed E-state index contributed by atoms with van der Waals surface area (Å²) in [6.45, 7) is 0. The van der Waals surface area contributed by atoms with E-state index in [1.807, 2.05) is 0 Å². The number of nitrogen functional groups attached to an aromatic ring is 1. The number of H-pyrrole nitrogens is 1. The van der Waals surface area contributed by atoms with Crippen molar-refractivity contribution in [3.63, 3.8) is 0 Å². The Labute approximate surface area is 98.7 Å². The number of esters is 1. The summed E-state index contributed by atoms with van der Waals surface area (Å²) in [5.41, 5.74) is 6.37. The Hall–Kier alpha value is -1.56. The van der Waals surface area contributed by atoms with Crippen molar-refractivity contribution < 1.29 is 13.9 Å². The normalized spacial score (nSPS) is 10.7. The highest BCUT2D eigenvalue weighted by Crippen LogP contribution is 2.29. The fourth-order valence-electron chi connectivity index (χ4n) is 1.53. The second-order valence-corrected chi connectivity index (χ2v) is 4.07. The molecule has 0 fully saturated rings. The van der Waals surface area contributed by atoms with Crippen molar-refractivity contribution in [2.45, 2.75) is 0 Å². The molecule has 0 aliphatic heterocycles. The van der Waals surface area contributed by atoms with Gasteiger partial charge in [-0.15, -0.1) is 0 Å². The van der Waals surface area contributed by atoms with Crippen molar-refractivity contribution in [2.75, 3.05) is 12.8 Å². The number of nitrogens with two attached hydrogens (primary N) is 1. The number of anilines is 1. The molecular weight excluding hydrogens is 279 g/mol. The zero-order valence-corrected chi connectivity index (χ0v) is 9.89. The molecular formula is C10H8BrFN2O2. The number of halogens is 2. The van der Waals surface area contributed by atoms with Crippen LogP contribution in [0.15, 0.2) is 16.6 Å². The van der Waals surface area contributed by atoms with Gasteiger partial charge in [-0.3, -0.25) is 0 Å². The molecule has 2 aromatic rings. The number of methoxy groups -OCH3 is 1. The highest BCUT2D eigenvalue weighted by Gasteiger charge is 2.18. The lowest BCUT2D eigenvalue weighted by Gasteiger charge is -1.99. The van der Waals surface area contributed by atoms with E-state index < -0.39 is 11.8 Å². The molecule has 4 nitrogen and oxygen atoms in total. The molecule has 0 atom stereocenters. The summed E-state index contributed by atoms with van der Waals surface area (Å²) < 4.78 is 18.2. The predicted molar refractivity (Wildman–Crippen MR) is 61.7 cm³/mol. The van der Waals surface area contributed by atoms with E-state index in [0.717, 1.165) is 0 Å². The van der Waals surface area contributed by atoms with Gasteiger partial charge in [0, 0.05) is 10.9 Å². The van der Waals surface area contributed by atoms with Gasteiger partial charge in [0.05, 0.1) is 11.6 Å². The molecule has 0 bridgehead atoms. The van der Waals surface area contributed by atoms with Gasteiger partial charge in [0.15, 0.2) is 0 Å². The van der Waals surface area contributed by atoms with Crippen molar-refractivity contribution in [1.82, 2.24) is 4.98 Å². The summed E-state index contributed by atoms with van der Waals surface area (Å²) in [7, 11) is 1.25. The van der Waals surface area contributed by atoms with Gasteiger partial charge in [0.2, 0.25) is 0 Å². The van der Waals surface area contributed by atoms with Gasteiger partial charge in [-0.05, 0) is 28.1 Å². The molecule has 2 rings (SSSR count). The Morgan fingerprint density at radius 2 is 2.25 bits per heavy atom. The molecule has 16 heavy (non-hydrogen) atoms. The highest BCUT2D eigenvalue weighted by atomic mass is 79.9. The number of carbonyl (C=O) groups excluding carboxylic acids is 1. The molecule has 1 aromatic heterocycles. The highest BCUT2D eigenvalue weighted by molar-refractivity contribution is 9.10. The number of carbonyl (C=O) groups is 1. The number of hydrogen-bond acceptors (Lipinski definition) is 3. The predicted octanol–water partition coefficient (Wildman–Crippen LogP) is 2.44. The first-order valence-electron chi connectivity index (χ1n) is 4.39. The van der Waals surface area contributed by atoms with E-state index in [0.29, 0.717) is 15.4 Å². The number of hydrogen-bond donors (Lipinski definition) is 2. The van der Waals surface area contributed by atoms with Crippen LogP contribution in [0.25, 0.3) is 10.9 Å². The minimum absolute atomic E-state index is 0.156. The van der Waals surface area contributed by atoms with Crippen LogP contribution in [0.4, 0.5) is 10.2 Å². The van der Waals surface area contributed by atoms with Gasteiger partial charge >= 0.3 is 5.97 Å². The standard InChI is InChI=1S/C10H8BrFN2O2/c1-16-10(15)8-4-2-6(12)5(11)3-7(4)14-9(8)13/h2-3,14H,13H2,1H3. The maximum atomic E-state index is 13.4. The number of aromatic nitrogens is 1. The van der Waals surface area contributed by atoms with Crippen LogP contribution >= 0.6 is 15.9 Å². The van der Waals surface area contributed by atoms with Crippen LogP contribution in [0.3, 0.4) is 0 Å². The van der Waals surface area contributed by atoms with E-state index in [9.17, 15) is 9.18 Å². The van der Waals surface area contributed by atoms with Gasteiger partial charge in [-0.25, -0.2) is 9.18 Å². The molecule has 0 saturated carbocycles. The van der Waals surface area contributed by atoms with E-state index in [-0.39, 0.29) is 11.4 Å². The van der Waals surface area contributed by atoms with Crippen LogP contribution in [0.1, 0.15) is 10.4 Å². The van der Waals surface area contributed by atoms with Crippen molar-refractivity contribution >= 4 is 38.6 Å². The van der Waals surface area contributed by atoms with Crippen molar-refractivity contribution in [2.24, 2.45) is 0 Å². The third kappa shape index (κ3) is 1.55. The average molecular weight is 287 g/mol. The summed E-state index contributed by atoms with van der Waals surface area (Å²) in [6.07, 6.45) is 0. The second kappa shape index (κ2) is 3.79. The fraction of sp³-hybridized carbons (Fsp3) is 0.100. The maximum absolute atomic E-state index is 13.4. The lowest BCUT2D eigenvalue weighted by atomic mass is 10.1. The SMILES string of the molecule is COC(=O)c1c(N)[nH]c2cc(Br)c(F)cc12. The molecule has 0 saturated heterocycles. The summed E-state index contributed by atoms with van der Waals surface area (Å²) >= 11 is 3.05. The molecule has 0 aliphatic rings. The number of nitrogens with one attached hydrogen (secondary N) is 1. The lowest BCUT2D eigenvalue weighted by molar-refractivity contribution is 0.0604. The van der Waals surface area contributed by atoms with Gasteiger partial charge in [0.25, 0.3) is 0 Å². The first-order chi connectivity index (χ1) is 7.54. The lowest BCUT2D eigenvalue weighted by Crippen LogP contribution is -2.03. The number of rotatable bonds is 1. The van der Waals surface area contributed by atoms with Gasteiger partial charge in [-0.2, -0.15) is 0 Å². The Morgan fingerprint density at radius 1 is 1.56 bits per heavy atom. The Morgan fingerprint density at radius 3 is 2.88 bits per heavy atom. The minimum Gasteiger partial charge on any atom is -0.465 e. The summed E-state index contributed by atoms with van der Waals surface area (Å²) in [5.74, 6) is -0.888. The Kier molecular flexibility index (Phi) is 2.59. The molecule has 0 aliphatic carbocycles. The van der Waals surface area contributed by atoms with E-state index in [2.05, 4.69) is 25.7 Å². The van der Waals surface area contributed by atoms with Crippen LogP contribution < -0.4 is 5.73 Å². The Balaban J connectivity index is 2.79. The minimum atomic E-state index is -0.592. The van der Waals surface area contributed by atoms with Crippen LogP contribution in [0.2, 0.25) is 0 Å². The molecule has 0 unspecified atom stereocenters.